The molecule has 0 saturated carbocycles. The van der Waals surface area contributed by atoms with E-state index in [1.54, 1.807) is 25.1 Å². The lowest BCUT2D eigenvalue weighted by Crippen LogP contribution is -2.02. The second-order valence-corrected chi connectivity index (χ2v) is 6.67. The number of aromatic hydroxyl groups is 1. The molecule has 0 fully saturated rings. The first kappa shape index (κ1) is 19.2. The zero-order chi connectivity index (χ0) is 18.4. The third-order valence-electron chi connectivity index (χ3n) is 3.07. The molecule has 130 valence electrons. The lowest BCUT2D eigenvalue weighted by atomic mass is 10.2. The number of benzene rings is 2. The summed E-state index contributed by atoms with van der Waals surface area (Å²) in [5.41, 5.74) is 0.982. The molecule has 0 atom stereocenters. The van der Waals surface area contributed by atoms with E-state index in [-0.39, 0.29) is 11.5 Å². The van der Waals surface area contributed by atoms with Crippen LogP contribution in [0.3, 0.4) is 0 Å². The molecule has 0 unspecified atom stereocenters. The van der Waals surface area contributed by atoms with Crippen molar-refractivity contribution < 1.29 is 23.8 Å². The highest BCUT2D eigenvalue weighted by molar-refractivity contribution is 9.10. The topological polar surface area (TPSA) is 76.7 Å². The molecule has 2 aromatic carbocycles. The first-order valence-electron chi connectivity index (χ1n) is 7.24. The predicted octanol–water partition coefficient (Wildman–Crippen LogP) is 5.34. The molecular weight excluding hydrogens is 456 g/mol. The molecule has 0 amide bonds. The molecular formula is C18H14Br2O5. The smallest absolute Gasteiger partial charge is 0.374 e. The SMILES string of the molecule is CCOC(=O)c1cc2cc(Br)ccc2o1.O=Cc1cc(Br)ccc1O. The fourth-order valence-corrected chi connectivity index (χ4v) is 2.69. The van der Waals surface area contributed by atoms with E-state index in [0.29, 0.717) is 24.0 Å². The Kier molecular flexibility index (Phi) is 6.78. The molecule has 1 heterocycles. The number of hydrogen-bond donors (Lipinski definition) is 1. The van der Waals surface area contributed by atoms with Crippen molar-refractivity contribution in [2.75, 3.05) is 6.61 Å². The number of rotatable bonds is 3. The lowest BCUT2D eigenvalue weighted by molar-refractivity contribution is 0.0492. The number of esters is 1. The van der Waals surface area contributed by atoms with E-state index in [1.807, 2.05) is 18.2 Å². The first-order chi connectivity index (χ1) is 11.9. The Morgan fingerprint density at radius 2 is 1.84 bits per heavy atom. The van der Waals surface area contributed by atoms with Crippen molar-refractivity contribution in [2.24, 2.45) is 0 Å². The molecule has 3 rings (SSSR count). The van der Waals surface area contributed by atoms with Gasteiger partial charge in [-0.2, -0.15) is 0 Å². The number of hydrogen-bond acceptors (Lipinski definition) is 5. The Bertz CT molecular complexity index is 902. The Morgan fingerprint density at radius 1 is 1.16 bits per heavy atom. The van der Waals surface area contributed by atoms with Gasteiger partial charge in [-0.3, -0.25) is 4.79 Å². The minimum atomic E-state index is -0.426. The van der Waals surface area contributed by atoms with Gasteiger partial charge in [0.1, 0.15) is 11.3 Å². The summed E-state index contributed by atoms with van der Waals surface area (Å²) in [6.07, 6.45) is 0.611. The van der Waals surface area contributed by atoms with Crippen molar-refractivity contribution in [3.05, 3.63) is 62.7 Å². The number of phenolic OH excluding ortho intramolecular Hbond substituents is 1. The van der Waals surface area contributed by atoms with Gasteiger partial charge in [-0.15, -0.1) is 0 Å². The Morgan fingerprint density at radius 3 is 2.48 bits per heavy atom. The molecule has 1 N–H and O–H groups in total. The highest BCUT2D eigenvalue weighted by Crippen LogP contribution is 2.23. The normalized spacial score (nSPS) is 10.0. The summed E-state index contributed by atoms with van der Waals surface area (Å²) in [5, 5.41) is 9.86. The quantitative estimate of drug-likeness (QED) is 0.413. The highest BCUT2D eigenvalue weighted by Gasteiger charge is 2.12. The van der Waals surface area contributed by atoms with E-state index < -0.39 is 5.97 Å². The average molecular weight is 470 g/mol. The maximum absolute atomic E-state index is 11.4. The second-order valence-electron chi connectivity index (χ2n) is 4.83. The molecule has 0 aliphatic carbocycles. The van der Waals surface area contributed by atoms with Crippen LogP contribution >= 0.6 is 31.9 Å². The largest absolute Gasteiger partial charge is 0.507 e. The van der Waals surface area contributed by atoms with Gasteiger partial charge in [-0.05, 0) is 49.4 Å². The first-order valence-corrected chi connectivity index (χ1v) is 8.83. The van der Waals surface area contributed by atoms with Crippen LogP contribution in [0.1, 0.15) is 27.8 Å². The summed E-state index contributed by atoms with van der Waals surface area (Å²) in [7, 11) is 0. The third kappa shape index (κ3) is 5.17. The van der Waals surface area contributed by atoms with Gasteiger partial charge >= 0.3 is 5.97 Å². The van der Waals surface area contributed by atoms with Crippen LogP contribution in [-0.4, -0.2) is 24.0 Å². The molecule has 0 spiro atoms. The standard InChI is InChI=1S/C11H9BrO3.C7H5BrO2/c1-2-14-11(13)10-6-7-5-8(12)3-4-9(7)15-10;8-6-1-2-7(10)5(3-6)4-9/h3-6H,2H2,1H3;1-4,10H. The van der Waals surface area contributed by atoms with Gasteiger partial charge in [-0.25, -0.2) is 4.79 Å². The van der Waals surface area contributed by atoms with Crippen LogP contribution < -0.4 is 0 Å². The van der Waals surface area contributed by atoms with E-state index in [2.05, 4.69) is 31.9 Å². The number of carbonyl (C=O) groups is 2. The van der Waals surface area contributed by atoms with Crippen LogP contribution in [0.5, 0.6) is 5.75 Å². The molecule has 0 aliphatic heterocycles. The summed E-state index contributed by atoms with van der Waals surface area (Å²) >= 11 is 6.52. The summed E-state index contributed by atoms with van der Waals surface area (Å²) in [5.74, 6) is -0.173. The van der Waals surface area contributed by atoms with E-state index in [4.69, 9.17) is 14.3 Å². The number of ether oxygens (including phenoxy) is 1. The number of phenols is 1. The molecule has 3 aromatic rings. The van der Waals surface area contributed by atoms with E-state index in [0.717, 1.165) is 14.3 Å². The van der Waals surface area contributed by atoms with E-state index in [1.165, 1.54) is 6.07 Å². The Labute approximate surface area is 160 Å². The zero-order valence-corrected chi connectivity index (χ0v) is 16.3. The fourth-order valence-electron chi connectivity index (χ4n) is 1.94. The van der Waals surface area contributed by atoms with Gasteiger partial charge in [0.25, 0.3) is 0 Å². The van der Waals surface area contributed by atoms with Gasteiger partial charge < -0.3 is 14.3 Å². The van der Waals surface area contributed by atoms with Crippen LogP contribution in [0.25, 0.3) is 11.0 Å². The maximum Gasteiger partial charge on any atom is 0.374 e. The van der Waals surface area contributed by atoms with Crippen LogP contribution in [0.4, 0.5) is 0 Å². The maximum atomic E-state index is 11.4. The summed E-state index contributed by atoms with van der Waals surface area (Å²) in [6, 6.07) is 11.9. The molecule has 5 nitrogen and oxygen atoms in total. The van der Waals surface area contributed by atoms with Crippen molar-refractivity contribution >= 4 is 55.1 Å². The molecule has 0 aliphatic rings. The molecule has 0 saturated heterocycles. The van der Waals surface area contributed by atoms with Gasteiger partial charge in [-0.1, -0.05) is 31.9 Å². The molecule has 0 bridgehead atoms. The zero-order valence-electron chi connectivity index (χ0n) is 13.2. The fraction of sp³-hybridized carbons (Fsp3) is 0.111. The molecule has 1 aromatic heterocycles. The Hall–Kier alpha value is -2.12. The van der Waals surface area contributed by atoms with Crippen LogP contribution in [0, 0.1) is 0 Å². The van der Waals surface area contributed by atoms with Gasteiger partial charge in [0.15, 0.2) is 6.29 Å². The van der Waals surface area contributed by atoms with E-state index in [9.17, 15) is 9.59 Å². The van der Waals surface area contributed by atoms with Crippen molar-refractivity contribution in [1.82, 2.24) is 0 Å². The number of aldehydes is 1. The number of halogens is 2. The summed E-state index contributed by atoms with van der Waals surface area (Å²) < 4.78 is 11.9. The minimum absolute atomic E-state index is 0.0122. The minimum Gasteiger partial charge on any atom is -0.507 e. The summed E-state index contributed by atoms with van der Waals surface area (Å²) in [4.78, 5) is 21.6. The highest BCUT2D eigenvalue weighted by atomic mass is 79.9. The van der Waals surface area contributed by atoms with E-state index >= 15 is 0 Å². The monoisotopic (exact) mass is 468 g/mol. The summed E-state index contributed by atoms with van der Waals surface area (Å²) in [6.45, 7) is 2.11. The third-order valence-corrected chi connectivity index (χ3v) is 4.06. The van der Waals surface area contributed by atoms with Crippen molar-refractivity contribution in [1.29, 1.82) is 0 Å². The predicted molar refractivity (Wildman–Crippen MR) is 101 cm³/mol. The van der Waals surface area contributed by atoms with Crippen molar-refractivity contribution in [2.45, 2.75) is 6.92 Å². The van der Waals surface area contributed by atoms with Crippen molar-refractivity contribution in [3.63, 3.8) is 0 Å². The number of furan rings is 1. The molecule has 7 heteroatoms. The molecule has 0 radical (unpaired) electrons. The number of fused-ring (bicyclic) bond motifs is 1. The number of carbonyl (C=O) groups excluding carboxylic acids is 2. The van der Waals surface area contributed by atoms with Crippen LogP contribution in [0.2, 0.25) is 0 Å². The Balaban J connectivity index is 0.000000196. The van der Waals surface area contributed by atoms with Gasteiger partial charge in [0.2, 0.25) is 5.76 Å². The second kappa shape index (κ2) is 8.82. The van der Waals surface area contributed by atoms with Crippen molar-refractivity contribution in [3.8, 4) is 5.75 Å². The van der Waals surface area contributed by atoms with Gasteiger partial charge in [0.05, 0.1) is 12.2 Å². The van der Waals surface area contributed by atoms with Crippen LogP contribution in [0.15, 0.2) is 55.8 Å². The lowest BCUT2D eigenvalue weighted by Gasteiger charge is -1.95. The van der Waals surface area contributed by atoms with Crippen LogP contribution in [-0.2, 0) is 4.74 Å². The van der Waals surface area contributed by atoms with Gasteiger partial charge in [0, 0.05) is 14.3 Å². The molecule has 25 heavy (non-hydrogen) atoms. The average Bonchev–Trinajstić information content (AvgIpc) is 3.01.